The first kappa shape index (κ1) is 19.0. The lowest BCUT2D eigenvalue weighted by Crippen LogP contribution is -2.39. The number of fused-ring (bicyclic) bond motifs is 1. The van der Waals surface area contributed by atoms with E-state index >= 15 is 0 Å². The second kappa shape index (κ2) is 8.34. The van der Waals surface area contributed by atoms with Crippen molar-refractivity contribution in [2.45, 2.75) is 12.8 Å². The standard InChI is InChI=1S/C20H22N4O5/c25-19(14-2-1-3-16-18(14)29-11-10-28-16)21-12-13-6-8-24(9-7-13)17-5-4-15(20(26)27)22-23-17/h1-5,13H,6-12H2,(H,21,25)(H,26,27). The fraction of sp³-hybridized carbons (Fsp3) is 0.400. The third kappa shape index (κ3) is 4.23. The molecular formula is C20H22N4O5. The third-order valence-electron chi connectivity index (χ3n) is 5.17. The summed E-state index contributed by atoms with van der Waals surface area (Å²) in [6, 6.07) is 8.47. The Hall–Kier alpha value is -3.36. The van der Waals surface area contributed by atoms with Gasteiger partial charge in [-0.25, -0.2) is 4.79 Å². The van der Waals surface area contributed by atoms with Crippen LogP contribution in [0, 0.1) is 5.92 Å². The van der Waals surface area contributed by atoms with Crippen LogP contribution in [-0.4, -0.2) is 60.0 Å². The van der Waals surface area contributed by atoms with Gasteiger partial charge in [0.2, 0.25) is 0 Å². The molecule has 29 heavy (non-hydrogen) atoms. The zero-order valence-electron chi connectivity index (χ0n) is 15.8. The SMILES string of the molecule is O=C(O)c1ccc(N2CCC(CNC(=O)c3cccc4c3OCCO4)CC2)nn1. The van der Waals surface area contributed by atoms with Crippen molar-refractivity contribution in [2.24, 2.45) is 5.92 Å². The maximum Gasteiger partial charge on any atom is 0.356 e. The van der Waals surface area contributed by atoms with Crippen molar-refractivity contribution in [3.63, 3.8) is 0 Å². The number of carbonyl (C=O) groups is 2. The molecule has 0 bridgehead atoms. The van der Waals surface area contributed by atoms with Gasteiger partial charge in [-0.3, -0.25) is 4.79 Å². The van der Waals surface area contributed by atoms with Crippen molar-refractivity contribution in [3.8, 4) is 11.5 Å². The van der Waals surface area contributed by atoms with Crippen molar-refractivity contribution < 1.29 is 24.2 Å². The molecule has 0 unspecified atom stereocenters. The molecule has 2 N–H and O–H groups in total. The molecule has 0 atom stereocenters. The van der Waals surface area contributed by atoms with E-state index in [1.807, 2.05) is 0 Å². The molecule has 0 saturated carbocycles. The van der Waals surface area contributed by atoms with E-state index < -0.39 is 5.97 Å². The summed E-state index contributed by atoms with van der Waals surface area (Å²) in [4.78, 5) is 25.6. The Morgan fingerprint density at radius 3 is 2.62 bits per heavy atom. The molecule has 2 aliphatic heterocycles. The maximum absolute atomic E-state index is 12.6. The first-order chi connectivity index (χ1) is 14.1. The summed E-state index contributed by atoms with van der Waals surface area (Å²) in [5, 5.41) is 19.6. The molecule has 9 nitrogen and oxygen atoms in total. The molecular weight excluding hydrogens is 376 g/mol. The number of amides is 1. The van der Waals surface area contributed by atoms with Crippen LogP contribution >= 0.6 is 0 Å². The van der Waals surface area contributed by atoms with Gasteiger partial charge in [-0.05, 0) is 43.0 Å². The fourth-order valence-electron chi connectivity index (χ4n) is 3.56. The molecule has 1 aromatic heterocycles. The van der Waals surface area contributed by atoms with E-state index in [0.29, 0.717) is 48.6 Å². The number of hydrogen-bond acceptors (Lipinski definition) is 7. The number of anilines is 1. The van der Waals surface area contributed by atoms with Gasteiger partial charge in [0.05, 0.1) is 5.56 Å². The van der Waals surface area contributed by atoms with Crippen LogP contribution in [0.5, 0.6) is 11.5 Å². The predicted molar refractivity (Wildman–Crippen MR) is 104 cm³/mol. The molecule has 0 radical (unpaired) electrons. The quantitative estimate of drug-likeness (QED) is 0.781. The van der Waals surface area contributed by atoms with E-state index in [9.17, 15) is 9.59 Å². The number of para-hydroxylation sites is 1. The van der Waals surface area contributed by atoms with Crippen LogP contribution in [-0.2, 0) is 0 Å². The number of aromatic nitrogens is 2. The third-order valence-corrected chi connectivity index (χ3v) is 5.17. The average Bonchev–Trinajstić information content (AvgIpc) is 2.77. The van der Waals surface area contributed by atoms with Crippen molar-refractivity contribution in [1.82, 2.24) is 15.5 Å². The van der Waals surface area contributed by atoms with Gasteiger partial charge >= 0.3 is 5.97 Å². The highest BCUT2D eigenvalue weighted by atomic mass is 16.6. The summed E-state index contributed by atoms with van der Waals surface area (Å²) in [7, 11) is 0. The lowest BCUT2D eigenvalue weighted by molar-refractivity contribution is 0.0689. The summed E-state index contributed by atoms with van der Waals surface area (Å²) in [5.74, 6) is 0.894. The van der Waals surface area contributed by atoms with Gasteiger partial charge < -0.3 is 24.8 Å². The second-order valence-corrected chi connectivity index (χ2v) is 7.05. The summed E-state index contributed by atoms with van der Waals surface area (Å²) in [5.41, 5.74) is 0.428. The highest BCUT2D eigenvalue weighted by molar-refractivity contribution is 5.97. The number of rotatable bonds is 5. The molecule has 1 amide bonds. The molecule has 0 aliphatic carbocycles. The van der Waals surface area contributed by atoms with Crippen molar-refractivity contribution in [3.05, 3.63) is 41.6 Å². The number of carboxylic acid groups (broad SMARTS) is 1. The Morgan fingerprint density at radius 2 is 1.90 bits per heavy atom. The van der Waals surface area contributed by atoms with Gasteiger partial charge in [0.15, 0.2) is 23.0 Å². The number of piperidine rings is 1. The minimum absolute atomic E-state index is 0.0659. The van der Waals surface area contributed by atoms with Gasteiger partial charge in [0, 0.05) is 19.6 Å². The van der Waals surface area contributed by atoms with Crippen LogP contribution in [0.3, 0.4) is 0 Å². The molecule has 4 rings (SSSR count). The smallest absolute Gasteiger partial charge is 0.356 e. The zero-order chi connectivity index (χ0) is 20.2. The molecule has 3 heterocycles. The number of hydrogen-bond donors (Lipinski definition) is 2. The van der Waals surface area contributed by atoms with E-state index in [2.05, 4.69) is 20.4 Å². The Kier molecular flexibility index (Phi) is 5.46. The first-order valence-corrected chi connectivity index (χ1v) is 9.60. The van der Waals surface area contributed by atoms with Crippen molar-refractivity contribution in [2.75, 3.05) is 37.7 Å². The number of carbonyl (C=O) groups excluding carboxylic acids is 1. The van der Waals surface area contributed by atoms with E-state index in [-0.39, 0.29) is 11.6 Å². The topological polar surface area (TPSA) is 114 Å². The number of aromatic carboxylic acids is 1. The first-order valence-electron chi connectivity index (χ1n) is 9.60. The minimum Gasteiger partial charge on any atom is -0.486 e. The molecule has 0 spiro atoms. The Labute approximate surface area is 167 Å². The number of carboxylic acids is 1. The molecule has 9 heteroatoms. The van der Waals surface area contributed by atoms with Gasteiger partial charge in [-0.2, -0.15) is 0 Å². The summed E-state index contributed by atoms with van der Waals surface area (Å²) in [6.45, 7) is 3.06. The van der Waals surface area contributed by atoms with Crippen LogP contribution in [0.4, 0.5) is 5.82 Å². The molecule has 1 fully saturated rings. The largest absolute Gasteiger partial charge is 0.486 e. The predicted octanol–water partition coefficient (Wildman–Crippen LogP) is 1.59. The Morgan fingerprint density at radius 1 is 1.10 bits per heavy atom. The molecule has 2 aromatic rings. The van der Waals surface area contributed by atoms with Gasteiger partial charge in [-0.1, -0.05) is 6.07 Å². The van der Waals surface area contributed by atoms with Crippen LogP contribution in [0.2, 0.25) is 0 Å². The maximum atomic E-state index is 12.6. The summed E-state index contributed by atoms with van der Waals surface area (Å²) >= 11 is 0. The van der Waals surface area contributed by atoms with Crippen LogP contribution in [0.1, 0.15) is 33.7 Å². The van der Waals surface area contributed by atoms with Crippen molar-refractivity contribution >= 4 is 17.7 Å². The fourth-order valence-corrected chi connectivity index (χ4v) is 3.56. The molecule has 152 valence electrons. The normalized spacial score (nSPS) is 16.3. The van der Waals surface area contributed by atoms with E-state index in [1.165, 1.54) is 6.07 Å². The monoisotopic (exact) mass is 398 g/mol. The van der Waals surface area contributed by atoms with E-state index in [0.717, 1.165) is 25.9 Å². The van der Waals surface area contributed by atoms with Gasteiger partial charge in [-0.15, -0.1) is 10.2 Å². The number of ether oxygens (including phenoxy) is 2. The Balaban J connectivity index is 1.29. The van der Waals surface area contributed by atoms with Crippen LogP contribution in [0.25, 0.3) is 0 Å². The lowest BCUT2D eigenvalue weighted by atomic mass is 9.96. The number of benzene rings is 1. The lowest BCUT2D eigenvalue weighted by Gasteiger charge is -2.32. The zero-order valence-corrected chi connectivity index (χ0v) is 15.8. The van der Waals surface area contributed by atoms with Gasteiger partial charge in [0.25, 0.3) is 5.91 Å². The van der Waals surface area contributed by atoms with Crippen molar-refractivity contribution in [1.29, 1.82) is 0 Å². The van der Waals surface area contributed by atoms with E-state index in [4.69, 9.17) is 14.6 Å². The molecule has 1 saturated heterocycles. The van der Waals surface area contributed by atoms with Crippen LogP contribution < -0.4 is 19.7 Å². The average molecular weight is 398 g/mol. The molecule has 1 aromatic carbocycles. The number of nitrogens with zero attached hydrogens (tertiary/aromatic N) is 3. The minimum atomic E-state index is -1.09. The number of nitrogens with one attached hydrogen (secondary N) is 1. The summed E-state index contributed by atoms with van der Waals surface area (Å²) < 4.78 is 11.1. The van der Waals surface area contributed by atoms with Crippen LogP contribution in [0.15, 0.2) is 30.3 Å². The summed E-state index contributed by atoms with van der Waals surface area (Å²) in [6.07, 6.45) is 1.80. The highest BCUT2D eigenvalue weighted by Gasteiger charge is 2.24. The van der Waals surface area contributed by atoms with E-state index in [1.54, 1.807) is 24.3 Å². The molecule has 2 aliphatic rings. The second-order valence-electron chi connectivity index (χ2n) is 7.05. The highest BCUT2D eigenvalue weighted by Crippen LogP contribution is 2.33. The van der Waals surface area contributed by atoms with Gasteiger partial charge in [0.1, 0.15) is 13.2 Å². The Bertz CT molecular complexity index is 894.